The smallest absolute Gasteiger partial charge is 0.305 e. The third kappa shape index (κ3) is 3.26. The molecule has 108 valence electrons. The van der Waals surface area contributed by atoms with E-state index in [0.29, 0.717) is 12.8 Å². The first kappa shape index (κ1) is 14.3. The van der Waals surface area contributed by atoms with Crippen molar-refractivity contribution in [3.63, 3.8) is 0 Å². The Hall–Kier alpha value is -2.11. The summed E-state index contributed by atoms with van der Waals surface area (Å²) in [6, 6.07) is 1.28. The molecular formula is C14H18N2O4. The first-order valence-electron chi connectivity index (χ1n) is 6.74. The number of aromatic amines is 1. The van der Waals surface area contributed by atoms with Crippen molar-refractivity contribution in [2.75, 3.05) is 0 Å². The fraction of sp³-hybridized carbons (Fsp3) is 0.500. The quantitative estimate of drug-likeness (QED) is 0.772. The van der Waals surface area contributed by atoms with Crippen LogP contribution in [0.2, 0.25) is 0 Å². The zero-order valence-electron chi connectivity index (χ0n) is 11.1. The Labute approximate surface area is 116 Å². The van der Waals surface area contributed by atoms with Gasteiger partial charge in [0.2, 0.25) is 0 Å². The maximum absolute atomic E-state index is 12.2. The van der Waals surface area contributed by atoms with Gasteiger partial charge in [-0.05, 0) is 12.8 Å². The van der Waals surface area contributed by atoms with E-state index >= 15 is 0 Å². The first-order valence-corrected chi connectivity index (χ1v) is 6.74. The summed E-state index contributed by atoms with van der Waals surface area (Å²) in [5.41, 5.74) is -1.09. The Morgan fingerprint density at radius 2 is 2.00 bits per heavy atom. The summed E-state index contributed by atoms with van der Waals surface area (Å²) in [4.78, 5) is 37.6. The molecule has 1 fully saturated rings. The summed E-state index contributed by atoms with van der Waals surface area (Å²) >= 11 is 0. The van der Waals surface area contributed by atoms with Gasteiger partial charge in [0, 0.05) is 18.5 Å². The van der Waals surface area contributed by atoms with Crippen molar-refractivity contribution in [1.29, 1.82) is 0 Å². The second-order valence-corrected chi connectivity index (χ2v) is 5.29. The zero-order chi connectivity index (χ0) is 14.6. The molecule has 1 amide bonds. The third-order valence-corrected chi connectivity index (χ3v) is 3.75. The Morgan fingerprint density at radius 3 is 2.60 bits per heavy atom. The van der Waals surface area contributed by atoms with Gasteiger partial charge in [-0.15, -0.1) is 0 Å². The molecule has 2 rings (SSSR count). The van der Waals surface area contributed by atoms with E-state index in [1.54, 1.807) is 0 Å². The van der Waals surface area contributed by atoms with Crippen LogP contribution in [0.3, 0.4) is 0 Å². The van der Waals surface area contributed by atoms with Crippen molar-refractivity contribution >= 4 is 11.9 Å². The van der Waals surface area contributed by atoms with Crippen LogP contribution < -0.4 is 10.7 Å². The number of carbonyl (C=O) groups is 2. The van der Waals surface area contributed by atoms with Crippen LogP contribution in [0.15, 0.2) is 23.3 Å². The monoisotopic (exact) mass is 278 g/mol. The summed E-state index contributed by atoms with van der Waals surface area (Å²) in [5.74, 6) is -1.44. The van der Waals surface area contributed by atoms with Crippen molar-refractivity contribution in [2.24, 2.45) is 0 Å². The van der Waals surface area contributed by atoms with Gasteiger partial charge in [-0.25, -0.2) is 0 Å². The number of carboxylic acid groups (broad SMARTS) is 1. The molecule has 0 aliphatic heterocycles. The Morgan fingerprint density at radius 1 is 1.30 bits per heavy atom. The number of rotatable bonds is 4. The molecule has 1 aliphatic carbocycles. The second kappa shape index (κ2) is 5.90. The molecule has 0 aromatic carbocycles. The highest BCUT2D eigenvalue weighted by molar-refractivity contribution is 5.94. The maximum Gasteiger partial charge on any atom is 0.305 e. The van der Waals surface area contributed by atoms with E-state index in [1.165, 1.54) is 18.5 Å². The molecule has 1 aromatic heterocycles. The van der Waals surface area contributed by atoms with Crippen molar-refractivity contribution in [3.05, 3.63) is 34.2 Å². The number of carboxylic acids is 1. The molecule has 1 heterocycles. The fourth-order valence-electron chi connectivity index (χ4n) is 2.77. The number of pyridine rings is 1. The molecule has 0 radical (unpaired) electrons. The van der Waals surface area contributed by atoms with E-state index in [1.807, 2.05) is 0 Å². The van der Waals surface area contributed by atoms with Crippen molar-refractivity contribution < 1.29 is 14.7 Å². The standard InChI is InChI=1S/C14H18N2O4/c17-11-4-7-15-9-10(11)13(20)16-14(8-12(18)19)5-2-1-3-6-14/h4,7,9H,1-3,5-6,8H2,(H,15,17)(H,16,20)(H,18,19). The zero-order valence-corrected chi connectivity index (χ0v) is 11.1. The van der Waals surface area contributed by atoms with Crippen LogP contribution in [0.4, 0.5) is 0 Å². The van der Waals surface area contributed by atoms with Crippen molar-refractivity contribution in [3.8, 4) is 0 Å². The average molecular weight is 278 g/mol. The number of H-pyrrole nitrogens is 1. The molecule has 1 aromatic rings. The lowest BCUT2D eigenvalue weighted by molar-refractivity contribution is -0.139. The number of hydrogen-bond acceptors (Lipinski definition) is 3. The van der Waals surface area contributed by atoms with Crippen LogP contribution >= 0.6 is 0 Å². The highest BCUT2D eigenvalue weighted by Gasteiger charge is 2.36. The molecule has 1 saturated carbocycles. The first-order chi connectivity index (χ1) is 9.52. The maximum atomic E-state index is 12.2. The normalized spacial score (nSPS) is 17.4. The highest BCUT2D eigenvalue weighted by atomic mass is 16.4. The molecular weight excluding hydrogens is 260 g/mol. The van der Waals surface area contributed by atoms with E-state index in [2.05, 4.69) is 10.3 Å². The SMILES string of the molecule is O=C(O)CC1(NC(=O)c2c[nH]ccc2=O)CCCCC1. The summed E-state index contributed by atoms with van der Waals surface area (Å²) in [5, 5.41) is 11.8. The van der Waals surface area contributed by atoms with E-state index in [0.717, 1.165) is 19.3 Å². The summed E-state index contributed by atoms with van der Waals surface area (Å²) in [7, 11) is 0. The molecule has 0 atom stereocenters. The number of nitrogens with one attached hydrogen (secondary N) is 2. The van der Waals surface area contributed by atoms with Gasteiger partial charge in [0.1, 0.15) is 5.56 Å². The summed E-state index contributed by atoms with van der Waals surface area (Å²) in [6.45, 7) is 0. The minimum absolute atomic E-state index is 0.0165. The number of aliphatic carboxylic acids is 1. The third-order valence-electron chi connectivity index (χ3n) is 3.75. The molecule has 0 unspecified atom stereocenters. The number of hydrogen-bond donors (Lipinski definition) is 3. The topological polar surface area (TPSA) is 99.3 Å². The number of carbonyl (C=O) groups excluding carboxylic acids is 1. The van der Waals surface area contributed by atoms with Gasteiger partial charge < -0.3 is 15.4 Å². The van der Waals surface area contributed by atoms with E-state index in [4.69, 9.17) is 5.11 Å². The Kier molecular flexibility index (Phi) is 4.22. The number of aromatic nitrogens is 1. The summed E-state index contributed by atoms with van der Waals surface area (Å²) in [6.07, 6.45) is 6.78. The van der Waals surface area contributed by atoms with Crippen LogP contribution in [0.5, 0.6) is 0 Å². The van der Waals surface area contributed by atoms with Gasteiger partial charge in [-0.3, -0.25) is 14.4 Å². The van der Waals surface area contributed by atoms with Gasteiger partial charge in [0.05, 0.1) is 12.0 Å². The molecule has 1 aliphatic rings. The second-order valence-electron chi connectivity index (χ2n) is 5.29. The van der Waals surface area contributed by atoms with Gasteiger partial charge in [-0.2, -0.15) is 0 Å². The Balaban J connectivity index is 2.19. The lowest BCUT2D eigenvalue weighted by Gasteiger charge is -2.36. The minimum Gasteiger partial charge on any atom is -0.481 e. The van der Waals surface area contributed by atoms with Crippen LogP contribution in [0.1, 0.15) is 48.9 Å². The highest BCUT2D eigenvalue weighted by Crippen LogP contribution is 2.31. The van der Waals surface area contributed by atoms with Gasteiger partial charge in [0.25, 0.3) is 5.91 Å². The van der Waals surface area contributed by atoms with Gasteiger partial charge in [-0.1, -0.05) is 19.3 Å². The molecule has 6 heteroatoms. The van der Waals surface area contributed by atoms with E-state index in [9.17, 15) is 14.4 Å². The average Bonchev–Trinajstić information content (AvgIpc) is 2.39. The molecule has 20 heavy (non-hydrogen) atoms. The lowest BCUT2D eigenvalue weighted by atomic mass is 9.79. The van der Waals surface area contributed by atoms with Crippen LogP contribution in [0.25, 0.3) is 0 Å². The fourth-order valence-corrected chi connectivity index (χ4v) is 2.77. The van der Waals surface area contributed by atoms with Crippen LogP contribution in [-0.4, -0.2) is 27.5 Å². The molecule has 6 nitrogen and oxygen atoms in total. The molecule has 0 bridgehead atoms. The van der Waals surface area contributed by atoms with E-state index in [-0.39, 0.29) is 17.4 Å². The molecule has 3 N–H and O–H groups in total. The molecule has 0 saturated heterocycles. The van der Waals surface area contributed by atoms with Crippen molar-refractivity contribution in [1.82, 2.24) is 10.3 Å². The molecule has 0 spiro atoms. The minimum atomic E-state index is -0.936. The van der Waals surface area contributed by atoms with Gasteiger partial charge in [0.15, 0.2) is 5.43 Å². The largest absolute Gasteiger partial charge is 0.481 e. The summed E-state index contributed by atoms with van der Waals surface area (Å²) < 4.78 is 0. The Bertz CT molecular complexity index is 558. The number of amides is 1. The van der Waals surface area contributed by atoms with E-state index < -0.39 is 17.4 Å². The lowest BCUT2D eigenvalue weighted by Crippen LogP contribution is -2.51. The predicted molar refractivity (Wildman–Crippen MR) is 72.6 cm³/mol. The van der Waals surface area contributed by atoms with Gasteiger partial charge >= 0.3 is 5.97 Å². The van der Waals surface area contributed by atoms with Crippen LogP contribution in [-0.2, 0) is 4.79 Å². The van der Waals surface area contributed by atoms with Crippen LogP contribution in [0, 0.1) is 0 Å². The van der Waals surface area contributed by atoms with Crippen molar-refractivity contribution in [2.45, 2.75) is 44.1 Å². The predicted octanol–water partition coefficient (Wildman–Crippen LogP) is 1.28.